The third-order valence-corrected chi connectivity index (χ3v) is 1.78. The maximum atomic E-state index is 10.1. The molecule has 0 atom stereocenters. The van der Waals surface area contributed by atoms with Crippen LogP contribution in [0.1, 0.15) is 0 Å². The summed E-state index contributed by atoms with van der Waals surface area (Å²) in [6, 6.07) is 4.63. The number of benzene rings is 1. The van der Waals surface area contributed by atoms with Gasteiger partial charge in [0.05, 0.1) is 14.2 Å². The number of hydrogen-bond acceptors (Lipinski definition) is 7. The van der Waals surface area contributed by atoms with Gasteiger partial charge < -0.3 is 9.47 Å². The lowest BCUT2D eigenvalue weighted by Gasteiger charge is -2.17. The Morgan fingerprint density at radius 1 is 1.38 bits per heavy atom. The van der Waals surface area contributed by atoms with Crippen LogP contribution in [-0.2, 0) is 4.94 Å². The van der Waals surface area contributed by atoms with E-state index in [0.717, 1.165) is 0 Å². The Morgan fingerprint density at radius 2 is 2.06 bits per heavy atom. The summed E-state index contributed by atoms with van der Waals surface area (Å²) < 4.78 is 9.91. The van der Waals surface area contributed by atoms with Crippen LogP contribution in [0.5, 0.6) is 11.5 Å². The van der Waals surface area contributed by atoms with Gasteiger partial charge in [0.1, 0.15) is 17.2 Å². The molecule has 0 aliphatic carbocycles. The summed E-state index contributed by atoms with van der Waals surface area (Å²) >= 11 is 0. The molecule has 1 aromatic carbocycles. The zero-order valence-corrected chi connectivity index (χ0v) is 8.75. The third kappa shape index (κ3) is 2.64. The van der Waals surface area contributed by atoms with Gasteiger partial charge in [-0.1, -0.05) is 0 Å². The number of methoxy groups -OCH3 is 2. The summed E-state index contributed by atoms with van der Waals surface area (Å²) in [6.45, 7) is 0. The molecule has 0 radical (unpaired) electrons. The summed E-state index contributed by atoms with van der Waals surface area (Å²) in [7, 11) is 2.87. The number of nitrogens with two attached hydrogens (primary N) is 1. The Bertz CT molecular complexity index is 384. The predicted molar refractivity (Wildman–Crippen MR) is 54.3 cm³/mol. The lowest BCUT2D eigenvalue weighted by molar-refractivity contribution is -0.762. The first-order valence-electron chi connectivity index (χ1n) is 4.17. The minimum Gasteiger partial charge on any atom is -0.497 e. The molecule has 0 saturated carbocycles. The minimum absolute atomic E-state index is 0.179. The third-order valence-electron chi connectivity index (χ3n) is 1.78. The summed E-state index contributed by atoms with van der Waals surface area (Å²) in [4.78, 5) is 14.2. The van der Waals surface area contributed by atoms with Crippen LogP contribution >= 0.6 is 0 Å². The SMILES string of the molecule is COc1ccc(OC)c(N(N)O[N+](=O)[O-])c1. The minimum atomic E-state index is -1.03. The molecule has 0 saturated heterocycles. The van der Waals surface area contributed by atoms with Crippen LogP contribution in [0, 0.1) is 10.1 Å². The molecular weight excluding hydrogens is 218 g/mol. The summed E-state index contributed by atoms with van der Waals surface area (Å²) in [5.41, 5.74) is 0.179. The van der Waals surface area contributed by atoms with Crippen LogP contribution in [0.4, 0.5) is 5.69 Å². The second-order valence-corrected chi connectivity index (χ2v) is 2.67. The number of nitrogens with zero attached hydrogens (tertiary/aromatic N) is 2. The monoisotopic (exact) mass is 229 g/mol. The lowest BCUT2D eigenvalue weighted by Crippen LogP contribution is -2.33. The van der Waals surface area contributed by atoms with E-state index in [2.05, 4.69) is 4.94 Å². The summed E-state index contributed by atoms with van der Waals surface area (Å²) in [6.07, 6.45) is 0. The zero-order valence-electron chi connectivity index (χ0n) is 8.75. The van der Waals surface area contributed by atoms with Gasteiger partial charge in [0.15, 0.2) is 0 Å². The van der Waals surface area contributed by atoms with Crippen molar-refractivity contribution < 1.29 is 19.5 Å². The highest BCUT2D eigenvalue weighted by Gasteiger charge is 2.13. The van der Waals surface area contributed by atoms with Crippen LogP contribution in [0.3, 0.4) is 0 Å². The standard InChI is InChI=1S/C8H11N3O5/c1-14-6-3-4-8(15-2)7(5-6)10(9)16-11(12)13/h3-5H,9H2,1-2H3. The first-order valence-corrected chi connectivity index (χ1v) is 4.17. The number of hydrogen-bond donors (Lipinski definition) is 1. The second kappa shape index (κ2) is 5.03. The molecule has 0 fully saturated rings. The van der Waals surface area contributed by atoms with E-state index >= 15 is 0 Å². The number of ether oxygens (including phenoxy) is 2. The first-order chi connectivity index (χ1) is 7.58. The molecular formula is C8H11N3O5. The van der Waals surface area contributed by atoms with Crippen molar-refractivity contribution in [3.05, 3.63) is 28.3 Å². The molecule has 2 N–H and O–H groups in total. The van der Waals surface area contributed by atoms with Gasteiger partial charge in [-0.05, 0) is 12.1 Å². The Hall–Kier alpha value is -2.22. The highest BCUT2D eigenvalue weighted by atomic mass is 17.0. The quantitative estimate of drug-likeness (QED) is 0.446. The van der Waals surface area contributed by atoms with Gasteiger partial charge in [-0.25, -0.2) is 5.84 Å². The van der Waals surface area contributed by atoms with Gasteiger partial charge in [0.2, 0.25) is 0 Å². The van der Waals surface area contributed by atoms with Crippen LogP contribution < -0.4 is 20.5 Å². The van der Waals surface area contributed by atoms with E-state index in [1.807, 2.05) is 0 Å². The Labute approximate surface area is 91.1 Å². The average Bonchev–Trinajstić information content (AvgIpc) is 2.27. The fraction of sp³-hybridized carbons (Fsp3) is 0.250. The molecule has 8 heteroatoms. The molecule has 0 bridgehead atoms. The molecule has 1 aromatic rings. The zero-order chi connectivity index (χ0) is 12.1. The Morgan fingerprint density at radius 3 is 2.56 bits per heavy atom. The molecule has 1 rings (SSSR count). The number of hydrazine groups is 1. The topological polar surface area (TPSA) is 100 Å². The molecule has 0 heterocycles. The van der Waals surface area contributed by atoms with Crippen molar-refractivity contribution >= 4 is 5.69 Å². The largest absolute Gasteiger partial charge is 0.497 e. The van der Waals surface area contributed by atoms with Crippen LogP contribution in [0.2, 0.25) is 0 Å². The van der Waals surface area contributed by atoms with Crippen LogP contribution in [-0.4, -0.2) is 19.3 Å². The summed E-state index contributed by atoms with van der Waals surface area (Å²) in [5, 5.41) is 9.59. The smallest absolute Gasteiger partial charge is 0.318 e. The first kappa shape index (κ1) is 11.9. The van der Waals surface area contributed by atoms with E-state index in [0.29, 0.717) is 16.7 Å². The molecule has 8 nitrogen and oxygen atoms in total. The van der Waals surface area contributed by atoms with Crippen molar-refractivity contribution in [3.8, 4) is 11.5 Å². The molecule has 0 aliphatic heterocycles. The van der Waals surface area contributed by atoms with Gasteiger partial charge in [0, 0.05) is 6.07 Å². The molecule has 0 aliphatic rings. The summed E-state index contributed by atoms with van der Waals surface area (Å²) in [5.74, 6) is 6.12. The van der Waals surface area contributed by atoms with E-state index < -0.39 is 5.09 Å². The fourth-order valence-electron chi connectivity index (χ4n) is 1.08. The van der Waals surface area contributed by atoms with Gasteiger partial charge in [-0.2, -0.15) is 4.94 Å². The molecule has 88 valence electrons. The van der Waals surface area contributed by atoms with Crippen LogP contribution in [0.15, 0.2) is 18.2 Å². The normalized spacial score (nSPS) is 9.44. The highest BCUT2D eigenvalue weighted by Crippen LogP contribution is 2.30. The van der Waals surface area contributed by atoms with Crippen molar-refractivity contribution in [3.63, 3.8) is 0 Å². The molecule has 0 spiro atoms. The highest BCUT2D eigenvalue weighted by molar-refractivity contribution is 5.59. The van der Waals surface area contributed by atoms with Crippen LogP contribution in [0.25, 0.3) is 0 Å². The van der Waals surface area contributed by atoms with Gasteiger partial charge in [0.25, 0.3) is 0 Å². The molecule has 0 amide bonds. The second-order valence-electron chi connectivity index (χ2n) is 2.67. The van der Waals surface area contributed by atoms with Gasteiger partial charge in [-0.15, -0.1) is 15.3 Å². The molecule has 16 heavy (non-hydrogen) atoms. The van der Waals surface area contributed by atoms with E-state index in [-0.39, 0.29) is 5.69 Å². The number of anilines is 1. The maximum Gasteiger partial charge on any atom is 0.318 e. The van der Waals surface area contributed by atoms with Crippen molar-refractivity contribution in [2.24, 2.45) is 5.84 Å². The predicted octanol–water partition coefficient (Wildman–Crippen LogP) is 0.507. The fourth-order valence-corrected chi connectivity index (χ4v) is 1.08. The molecule has 0 unspecified atom stereocenters. The van der Waals surface area contributed by atoms with Crippen molar-refractivity contribution in [1.82, 2.24) is 0 Å². The number of rotatable bonds is 5. The maximum absolute atomic E-state index is 10.1. The Kier molecular flexibility index (Phi) is 3.72. The lowest BCUT2D eigenvalue weighted by atomic mass is 10.3. The van der Waals surface area contributed by atoms with Gasteiger partial charge >= 0.3 is 5.09 Å². The van der Waals surface area contributed by atoms with Gasteiger partial charge in [-0.3, -0.25) is 0 Å². The van der Waals surface area contributed by atoms with Crippen molar-refractivity contribution in [1.29, 1.82) is 0 Å². The van der Waals surface area contributed by atoms with E-state index in [1.165, 1.54) is 20.3 Å². The molecule has 0 aromatic heterocycles. The van der Waals surface area contributed by atoms with E-state index in [4.69, 9.17) is 15.3 Å². The van der Waals surface area contributed by atoms with Crippen molar-refractivity contribution in [2.45, 2.75) is 0 Å². The average molecular weight is 229 g/mol. The van der Waals surface area contributed by atoms with Crippen molar-refractivity contribution in [2.75, 3.05) is 19.4 Å². The van der Waals surface area contributed by atoms with E-state index in [9.17, 15) is 10.1 Å². The van der Waals surface area contributed by atoms with E-state index in [1.54, 1.807) is 12.1 Å². The Balaban J connectivity index is 3.02.